The molecule has 0 heterocycles. The van der Waals surface area contributed by atoms with Gasteiger partial charge in [0, 0.05) is 6.08 Å². The number of anilines is 1. The van der Waals surface area contributed by atoms with Crippen LogP contribution in [0.1, 0.15) is 11.1 Å². The highest BCUT2D eigenvalue weighted by molar-refractivity contribution is 6.02. The van der Waals surface area contributed by atoms with E-state index in [1.807, 2.05) is 43.3 Å². The Labute approximate surface area is 118 Å². The van der Waals surface area contributed by atoms with E-state index in [4.69, 9.17) is 4.74 Å². The van der Waals surface area contributed by atoms with E-state index in [2.05, 4.69) is 5.32 Å². The normalized spacial score (nSPS) is 10.5. The molecule has 102 valence electrons. The van der Waals surface area contributed by atoms with Crippen molar-refractivity contribution in [2.75, 3.05) is 12.4 Å². The van der Waals surface area contributed by atoms with Gasteiger partial charge in [-0.15, -0.1) is 0 Å². The van der Waals surface area contributed by atoms with Gasteiger partial charge in [-0.1, -0.05) is 36.4 Å². The zero-order valence-electron chi connectivity index (χ0n) is 11.6. The molecule has 0 aliphatic rings. The molecule has 0 atom stereocenters. The van der Waals surface area contributed by atoms with Crippen LogP contribution in [0.2, 0.25) is 0 Å². The molecule has 0 radical (unpaired) electrons. The lowest BCUT2D eigenvalue weighted by atomic mass is 10.1. The first-order valence-electron chi connectivity index (χ1n) is 6.38. The maximum Gasteiger partial charge on any atom is 0.248 e. The molecule has 0 saturated carbocycles. The number of carbonyl (C=O) groups excluding carboxylic acids is 1. The molecule has 3 nitrogen and oxygen atoms in total. The summed E-state index contributed by atoms with van der Waals surface area (Å²) in [5.74, 6) is 0.461. The van der Waals surface area contributed by atoms with Crippen molar-refractivity contribution in [1.82, 2.24) is 0 Å². The van der Waals surface area contributed by atoms with Crippen molar-refractivity contribution < 1.29 is 9.53 Å². The van der Waals surface area contributed by atoms with E-state index in [1.165, 1.54) is 6.08 Å². The number of para-hydroxylation sites is 2. The van der Waals surface area contributed by atoms with Gasteiger partial charge in [-0.3, -0.25) is 4.79 Å². The third-order valence-electron chi connectivity index (χ3n) is 2.97. The maximum absolute atomic E-state index is 11.9. The van der Waals surface area contributed by atoms with Crippen molar-refractivity contribution in [2.45, 2.75) is 6.92 Å². The van der Waals surface area contributed by atoms with Gasteiger partial charge in [0.15, 0.2) is 0 Å². The largest absolute Gasteiger partial charge is 0.495 e. The lowest BCUT2D eigenvalue weighted by molar-refractivity contribution is -0.111. The highest BCUT2D eigenvalue weighted by Crippen LogP contribution is 2.22. The predicted molar refractivity (Wildman–Crippen MR) is 81.8 cm³/mol. The third-order valence-corrected chi connectivity index (χ3v) is 2.97. The van der Waals surface area contributed by atoms with Crippen molar-refractivity contribution in [3.8, 4) is 5.75 Å². The van der Waals surface area contributed by atoms with Gasteiger partial charge >= 0.3 is 0 Å². The van der Waals surface area contributed by atoms with Gasteiger partial charge in [-0.2, -0.15) is 0 Å². The number of amides is 1. The second kappa shape index (κ2) is 6.57. The molecule has 0 unspecified atom stereocenters. The van der Waals surface area contributed by atoms with Gasteiger partial charge in [0.1, 0.15) is 5.75 Å². The molecule has 0 aliphatic heterocycles. The topological polar surface area (TPSA) is 38.3 Å². The zero-order valence-corrected chi connectivity index (χ0v) is 11.6. The summed E-state index contributed by atoms with van der Waals surface area (Å²) in [6.07, 6.45) is 3.33. The first kappa shape index (κ1) is 13.9. The van der Waals surface area contributed by atoms with Crippen LogP contribution >= 0.6 is 0 Å². The Bertz CT molecular complexity index is 632. The molecule has 1 N–H and O–H groups in total. The van der Waals surface area contributed by atoms with Crippen LogP contribution in [0.25, 0.3) is 6.08 Å². The molecular formula is C17H17NO2. The second-order valence-electron chi connectivity index (χ2n) is 4.38. The standard InChI is InChI=1S/C17H17NO2/c1-13-7-3-4-8-14(13)11-12-17(19)18-15-9-5-6-10-16(15)20-2/h3-12H,1-2H3,(H,18,19). The first-order chi connectivity index (χ1) is 9.70. The van der Waals surface area contributed by atoms with Crippen LogP contribution in [-0.2, 0) is 4.79 Å². The smallest absolute Gasteiger partial charge is 0.248 e. The average Bonchev–Trinajstić information content (AvgIpc) is 2.47. The number of methoxy groups -OCH3 is 1. The third kappa shape index (κ3) is 3.48. The lowest BCUT2D eigenvalue weighted by Gasteiger charge is -2.07. The number of nitrogens with one attached hydrogen (secondary N) is 1. The number of hydrogen-bond acceptors (Lipinski definition) is 2. The Morgan fingerprint density at radius 1 is 1.10 bits per heavy atom. The van der Waals surface area contributed by atoms with Crippen LogP contribution in [0, 0.1) is 6.92 Å². The molecule has 2 aromatic rings. The molecule has 1 amide bonds. The van der Waals surface area contributed by atoms with E-state index >= 15 is 0 Å². The van der Waals surface area contributed by atoms with Crippen LogP contribution < -0.4 is 10.1 Å². The molecule has 2 aromatic carbocycles. The van der Waals surface area contributed by atoms with Gasteiger partial charge in [-0.05, 0) is 36.3 Å². The molecule has 0 bridgehead atoms. The van der Waals surface area contributed by atoms with E-state index in [1.54, 1.807) is 25.3 Å². The van der Waals surface area contributed by atoms with Crippen molar-refractivity contribution in [1.29, 1.82) is 0 Å². The van der Waals surface area contributed by atoms with E-state index in [9.17, 15) is 4.79 Å². The summed E-state index contributed by atoms with van der Waals surface area (Å²) in [6.45, 7) is 2.01. The fourth-order valence-corrected chi connectivity index (χ4v) is 1.86. The minimum absolute atomic E-state index is 0.183. The van der Waals surface area contributed by atoms with Crippen LogP contribution in [0.5, 0.6) is 5.75 Å². The second-order valence-corrected chi connectivity index (χ2v) is 4.38. The average molecular weight is 267 g/mol. The summed E-state index contributed by atoms with van der Waals surface area (Å²) in [7, 11) is 1.58. The highest BCUT2D eigenvalue weighted by atomic mass is 16.5. The fraction of sp³-hybridized carbons (Fsp3) is 0.118. The van der Waals surface area contributed by atoms with Crippen molar-refractivity contribution in [3.05, 3.63) is 65.7 Å². The number of benzene rings is 2. The van der Waals surface area contributed by atoms with Gasteiger partial charge in [0.05, 0.1) is 12.8 Å². The molecule has 20 heavy (non-hydrogen) atoms. The Hall–Kier alpha value is -2.55. The number of ether oxygens (including phenoxy) is 1. The van der Waals surface area contributed by atoms with Gasteiger partial charge < -0.3 is 10.1 Å². The minimum Gasteiger partial charge on any atom is -0.495 e. The van der Waals surface area contributed by atoms with Crippen LogP contribution in [0.3, 0.4) is 0 Å². The zero-order chi connectivity index (χ0) is 14.4. The number of aryl methyl sites for hydroxylation is 1. The summed E-state index contributed by atoms with van der Waals surface area (Å²) in [4.78, 5) is 11.9. The van der Waals surface area contributed by atoms with Gasteiger partial charge in [0.25, 0.3) is 0 Å². The molecule has 0 fully saturated rings. The Balaban J connectivity index is 2.08. The monoisotopic (exact) mass is 267 g/mol. The summed E-state index contributed by atoms with van der Waals surface area (Å²) < 4.78 is 5.19. The molecular weight excluding hydrogens is 250 g/mol. The SMILES string of the molecule is COc1ccccc1NC(=O)C=Cc1ccccc1C. The van der Waals surface area contributed by atoms with Gasteiger partial charge in [0.2, 0.25) is 5.91 Å². The molecule has 0 spiro atoms. The number of carbonyl (C=O) groups is 1. The Kier molecular flexibility index (Phi) is 4.56. The molecule has 3 heteroatoms. The molecule has 0 aromatic heterocycles. The van der Waals surface area contributed by atoms with Crippen LogP contribution in [-0.4, -0.2) is 13.0 Å². The Morgan fingerprint density at radius 3 is 2.55 bits per heavy atom. The van der Waals surface area contributed by atoms with Crippen LogP contribution in [0.4, 0.5) is 5.69 Å². The summed E-state index contributed by atoms with van der Waals surface area (Å²) in [5, 5.41) is 2.80. The quantitative estimate of drug-likeness (QED) is 0.859. The Morgan fingerprint density at radius 2 is 1.80 bits per heavy atom. The van der Waals surface area contributed by atoms with Crippen molar-refractivity contribution in [3.63, 3.8) is 0 Å². The summed E-state index contributed by atoms with van der Waals surface area (Å²) in [5.41, 5.74) is 2.82. The highest BCUT2D eigenvalue weighted by Gasteiger charge is 2.03. The number of hydrogen-bond donors (Lipinski definition) is 1. The van der Waals surface area contributed by atoms with Gasteiger partial charge in [-0.25, -0.2) is 0 Å². The molecule has 0 saturated heterocycles. The maximum atomic E-state index is 11.9. The predicted octanol–water partition coefficient (Wildman–Crippen LogP) is 3.66. The van der Waals surface area contributed by atoms with Crippen molar-refractivity contribution >= 4 is 17.7 Å². The van der Waals surface area contributed by atoms with E-state index < -0.39 is 0 Å². The summed E-state index contributed by atoms with van der Waals surface area (Å²) in [6, 6.07) is 15.2. The van der Waals surface area contributed by atoms with Crippen LogP contribution in [0.15, 0.2) is 54.6 Å². The first-order valence-corrected chi connectivity index (χ1v) is 6.38. The number of rotatable bonds is 4. The lowest BCUT2D eigenvalue weighted by Crippen LogP contribution is -2.08. The van der Waals surface area contributed by atoms with E-state index in [0.717, 1.165) is 11.1 Å². The minimum atomic E-state index is -0.183. The fourth-order valence-electron chi connectivity index (χ4n) is 1.86. The molecule has 2 rings (SSSR count). The van der Waals surface area contributed by atoms with Crippen molar-refractivity contribution in [2.24, 2.45) is 0 Å². The summed E-state index contributed by atoms with van der Waals surface area (Å²) >= 11 is 0. The van der Waals surface area contributed by atoms with E-state index in [-0.39, 0.29) is 5.91 Å². The van der Waals surface area contributed by atoms with E-state index in [0.29, 0.717) is 11.4 Å². The molecule has 0 aliphatic carbocycles.